The van der Waals surface area contributed by atoms with Crippen LogP contribution in [0.1, 0.15) is 13.8 Å². The largest absolute Gasteiger partial charge is 0.390 e. The molecule has 0 saturated carbocycles. The lowest BCUT2D eigenvalue weighted by Gasteiger charge is -2.40. The van der Waals surface area contributed by atoms with Crippen LogP contribution in [-0.2, 0) is 9.30 Å². The second-order valence-corrected chi connectivity index (χ2v) is 8.36. The van der Waals surface area contributed by atoms with Gasteiger partial charge in [-0.25, -0.2) is 0 Å². The van der Waals surface area contributed by atoms with E-state index in [1.165, 1.54) is 7.11 Å². The molecule has 0 radical (unpaired) electrons. The third-order valence-corrected chi connectivity index (χ3v) is 7.80. The summed E-state index contributed by atoms with van der Waals surface area (Å²) < 4.78 is 20.1. The Bertz CT molecular complexity index is 652. The van der Waals surface area contributed by atoms with Gasteiger partial charge in [0.1, 0.15) is 0 Å². The Balaban J connectivity index is 2.85. The Labute approximate surface area is 138 Å². The van der Waals surface area contributed by atoms with Crippen molar-refractivity contribution in [3.05, 3.63) is 72.8 Å². The molecular weight excluding hydrogens is 307 g/mol. The average Bonchev–Trinajstić information content (AvgIpc) is 2.60. The fourth-order valence-corrected chi connectivity index (χ4v) is 6.37. The van der Waals surface area contributed by atoms with Gasteiger partial charge in [-0.2, -0.15) is 0 Å². The molecule has 2 atom stereocenters. The monoisotopic (exact) mass is 330 g/mol. The van der Waals surface area contributed by atoms with Gasteiger partial charge in [-0.05, 0) is 19.9 Å². The number of hydrogen-bond donors (Lipinski definition) is 1. The van der Waals surface area contributed by atoms with Crippen molar-refractivity contribution in [1.29, 1.82) is 0 Å². The number of allylic oxidation sites excluding steroid dienone is 1. The van der Waals surface area contributed by atoms with Gasteiger partial charge in [0.25, 0.3) is 0 Å². The standard InChI is InChI=1S/C19H23O3P/c1-4-15-19(22-3,16(2)20)23(21,17-11-7-5-8-12-17)18-13-9-6-10-14-18/h4-16,20H,1-3H3/b15-4+. The van der Waals surface area contributed by atoms with Crippen LogP contribution in [0.5, 0.6) is 0 Å². The summed E-state index contributed by atoms with van der Waals surface area (Å²) in [5.41, 5.74) is 0. The number of aliphatic hydroxyl groups excluding tert-OH is 1. The molecule has 1 N–H and O–H groups in total. The summed E-state index contributed by atoms with van der Waals surface area (Å²) in [6.45, 7) is 3.44. The number of hydrogen-bond acceptors (Lipinski definition) is 3. The van der Waals surface area contributed by atoms with E-state index in [1.54, 1.807) is 19.1 Å². The first-order valence-corrected chi connectivity index (χ1v) is 9.32. The predicted octanol–water partition coefficient (Wildman–Crippen LogP) is 3.30. The summed E-state index contributed by atoms with van der Waals surface area (Å²) in [4.78, 5) is 0. The smallest absolute Gasteiger partial charge is 0.179 e. The van der Waals surface area contributed by atoms with Gasteiger partial charge in [-0.1, -0.05) is 66.7 Å². The van der Waals surface area contributed by atoms with Crippen molar-refractivity contribution in [1.82, 2.24) is 0 Å². The van der Waals surface area contributed by atoms with E-state index in [2.05, 4.69) is 0 Å². The molecule has 2 aromatic carbocycles. The van der Waals surface area contributed by atoms with Gasteiger partial charge in [0.2, 0.25) is 0 Å². The molecule has 0 heterocycles. The third kappa shape index (κ3) is 2.92. The zero-order chi connectivity index (χ0) is 16.9. The first-order valence-electron chi connectivity index (χ1n) is 7.61. The van der Waals surface area contributed by atoms with Crippen LogP contribution in [0.2, 0.25) is 0 Å². The highest BCUT2D eigenvalue weighted by Gasteiger charge is 2.52. The molecule has 0 aliphatic heterocycles. The van der Waals surface area contributed by atoms with Crippen LogP contribution in [-0.4, -0.2) is 23.7 Å². The van der Waals surface area contributed by atoms with E-state index >= 15 is 0 Å². The molecule has 0 bridgehead atoms. The Kier molecular flexibility index (Phi) is 5.59. The van der Waals surface area contributed by atoms with Crippen LogP contribution in [0.25, 0.3) is 0 Å². The molecule has 0 spiro atoms. The molecule has 3 nitrogen and oxygen atoms in total. The van der Waals surface area contributed by atoms with Crippen LogP contribution in [0.15, 0.2) is 72.8 Å². The molecule has 0 aromatic heterocycles. The third-order valence-electron chi connectivity index (χ3n) is 4.06. The lowest BCUT2D eigenvalue weighted by molar-refractivity contribution is -0.00380. The molecule has 0 saturated heterocycles. The van der Waals surface area contributed by atoms with Gasteiger partial charge in [0, 0.05) is 17.7 Å². The number of methoxy groups -OCH3 is 1. The molecule has 0 fully saturated rings. The highest BCUT2D eigenvalue weighted by molar-refractivity contribution is 7.80. The van der Waals surface area contributed by atoms with Crippen LogP contribution in [0.4, 0.5) is 0 Å². The van der Waals surface area contributed by atoms with Crippen molar-refractivity contribution in [3.63, 3.8) is 0 Å². The fraction of sp³-hybridized carbons (Fsp3) is 0.263. The molecule has 23 heavy (non-hydrogen) atoms. The van der Waals surface area contributed by atoms with Crippen LogP contribution >= 0.6 is 7.14 Å². The summed E-state index contributed by atoms with van der Waals surface area (Å²) in [5.74, 6) is 0. The van der Waals surface area contributed by atoms with E-state index in [9.17, 15) is 9.67 Å². The summed E-state index contributed by atoms with van der Waals surface area (Å²) >= 11 is 0. The minimum atomic E-state index is -3.30. The van der Waals surface area contributed by atoms with Crippen LogP contribution in [0.3, 0.4) is 0 Å². The summed E-state index contributed by atoms with van der Waals surface area (Å²) in [5, 5.41) is 10.5. The van der Waals surface area contributed by atoms with Gasteiger partial charge < -0.3 is 14.4 Å². The molecule has 0 aliphatic rings. The second-order valence-electron chi connectivity index (χ2n) is 5.41. The first kappa shape index (κ1) is 17.7. The zero-order valence-corrected chi connectivity index (χ0v) is 14.6. The molecule has 0 aliphatic carbocycles. The van der Waals surface area contributed by atoms with Crippen molar-refractivity contribution < 1.29 is 14.4 Å². The number of rotatable bonds is 6. The van der Waals surface area contributed by atoms with Gasteiger partial charge >= 0.3 is 0 Å². The lowest BCUT2D eigenvalue weighted by atomic mass is 10.2. The molecule has 2 rings (SSSR count). The predicted molar refractivity (Wildman–Crippen MR) is 96.0 cm³/mol. The highest BCUT2D eigenvalue weighted by Crippen LogP contribution is 2.58. The van der Waals surface area contributed by atoms with E-state index in [4.69, 9.17) is 4.74 Å². The van der Waals surface area contributed by atoms with E-state index in [-0.39, 0.29) is 0 Å². The summed E-state index contributed by atoms with van der Waals surface area (Å²) in [6, 6.07) is 18.5. The lowest BCUT2D eigenvalue weighted by Crippen LogP contribution is -2.46. The second kappa shape index (κ2) is 7.27. The molecule has 0 amide bonds. The maximum Gasteiger partial charge on any atom is 0.179 e. The maximum absolute atomic E-state index is 14.4. The van der Waals surface area contributed by atoms with E-state index in [0.29, 0.717) is 10.6 Å². The molecule has 122 valence electrons. The Morgan fingerprint density at radius 1 is 1.04 bits per heavy atom. The Morgan fingerprint density at radius 3 is 1.78 bits per heavy atom. The average molecular weight is 330 g/mol. The summed E-state index contributed by atoms with van der Waals surface area (Å²) in [6.07, 6.45) is 2.53. The summed E-state index contributed by atoms with van der Waals surface area (Å²) in [7, 11) is -1.81. The van der Waals surface area contributed by atoms with Gasteiger partial charge in [-0.3, -0.25) is 0 Å². The molecule has 4 heteroatoms. The van der Waals surface area contributed by atoms with Crippen molar-refractivity contribution in [2.45, 2.75) is 25.3 Å². The van der Waals surface area contributed by atoms with E-state index in [0.717, 1.165) is 0 Å². The highest BCUT2D eigenvalue weighted by atomic mass is 31.2. The van der Waals surface area contributed by atoms with E-state index in [1.807, 2.05) is 67.6 Å². The normalized spacial score (nSPS) is 16.2. The van der Waals surface area contributed by atoms with Crippen molar-refractivity contribution in [2.24, 2.45) is 0 Å². The van der Waals surface area contributed by atoms with Crippen molar-refractivity contribution >= 4 is 17.8 Å². The van der Waals surface area contributed by atoms with Crippen LogP contribution in [0, 0.1) is 0 Å². The SMILES string of the molecule is C/C=C/C(OC)(C(C)O)P(=O)(c1ccccc1)c1ccccc1. The topological polar surface area (TPSA) is 46.5 Å². The zero-order valence-electron chi connectivity index (χ0n) is 13.7. The number of benzene rings is 2. The Hall–Kier alpha value is -1.67. The van der Waals surface area contributed by atoms with Gasteiger partial charge in [0.05, 0.1) is 6.10 Å². The molecule has 2 aromatic rings. The fourth-order valence-electron chi connectivity index (χ4n) is 2.94. The number of ether oxygens (including phenoxy) is 1. The van der Waals surface area contributed by atoms with Crippen molar-refractivity contribution in [3.8, 4) is 0 Å². The van der Waals surface area contributed by atoms with Gasteiger partial charge in [0.15, 0.2) is 12.5 Å². The molecular formula is C19H23O3P. The number of aliphatic hydroxyl groups is 1. The van der Waals surface area contributed by atoms with Crippen molar-refractivity contribution in [2.75, 3.05) is 7.11 Å². The Morgan fingerprint density at radius 2 is 1.48 bits per heavy atom. The van der Waals surface area contributed by atoms with Crippen LogP contribution < -0.4 is 10.6 Å². The quantitative estimate of drug-likeness (QED) is 0.653. The maximum atomic E-state index is 14.4. The van der Waals surface area contributed by atoms with E-state index < -0.39 is 18.6 Å². The molecule has 2 unspecified atom stereocenters. The minimum absolute atomic E-state index is 0.659. The minimum Gasteiger partial charge on any atom is -0.390 e. The first-order chi connectivity index (χ1) is 11.0. The van der Waals surface area contributed by atoms with Gasteiger partial charge in [-0.15, -0.1) is 0 Å².